The molecule has 222 valence electrons. The number of Topliss-reactive ketones (excluding diaryl/α,β-unsaturated/α-hetero) is 2. The molecule has 5 rings (SSSR count). The molecule has 1 heterocycles. The molecule has 0 spiro atoms. The van der Waals surface area contributed by atoms with Gasteiger partial charge in [-0.3, -0.25) is 14.4 Å². The maximum absolute atomic E-state index is 13.9. The first-order chi connectivity index (χ1) is 19.7. The van der Waals surface area contributed by atoms with Crippen molar-refractivity contribution in [1.29, 1.82) is 0 Å². The van der Waals surface area contributed by atoms with E-state index in [9.17, 15) is 19.5 Å². The number of ether oxygens (including phenoxy) is 2. The molecule has 2 aromatic carbocycles. The van der Waals surface area contributed by atoms with Crippen LogP contribution in [0.3, 0.4) is 0 Å². The lowest BCUT2D eigenvalue weighted by atomic mass is 9.63. The van der Waals surface area contributed by atoms with E-state index in [4.69, 9.17) is 32.7 Å². The molecular weight excluding hydrogens is 577 g/mol. The topological polar surface area (TPSA) is 93.1 Å². The second-order valence-corrected chi connectivity index (χ2v) is 13.8. The Morgan fingerprint density at radius 1 is 0.905 bits per heavy atom. The molecule has 0 saturated heterocycles. The highest BCUT2D eigenvalue weighted by atomic mass is 35.5. The van der Waals surface area contributed by atoms with Crippen LogP contribution in [0.2, 0.25) is 10.0 Å². The van der Waals surface area contributed by atoms with E-state index in [1.807, 2.05) is 39.8 Å². The van der Waals surface area contributed by atoms with Crippen LogP contribution in [0.5, 0.6) is 11.5 Å². The summed E-state index contributed by atoms with van der Waals surface area (Å²) in [5, 5.41) is 10.9. The van der Waals surface area contributed by atoms with Gasteiger partial charge in [-0.25, -0.2) is 0 Å². The number of carbonyl (C=O) groups excluding carboxylic acids is 2. The third-order valence-corrected chi connectivity index (χ3v) is 8.82. The number of hydrogen-bond donors (Lipinski definition) is 1. The molecule has 1 aliphatic heterocycles. The predicted octanol–water partition coefficient (Wildman–Crippen LogP) is 7.35. The van der Waals surface area contributed by atoms with Crippen LogP contribution in [0.1, 0.15) is 70.4 Å². The standard InChI is InChI=1S/C33H35Cl2NO6/c1-32(2)12-22-30(24(37)14-32)29(31-23(36(22)16-28(39)40)13-33(3,4)15-25(31)38)18-7-9-26(27(10-18)41-5)42-17-19-6-8-20(34)11-21(19)35/h6-11,29H,12-17H2,1-5H3,(H,39,40). The zero-order valence-corrected chi connectivity index (χ0v) is 26.0. The van der Waals surface area contributed by atoms with Crippen molar-refractivity contribution in [2.45, 2.75) is 65.9 Å². The second-order valence-electron chi connectivity index (χ2n) is 13.0. The van der Waals surface area contributed by atoms with Crippen LogP contribution in [-0.4, -0.2) is 41.2 Å². The lowest BCUT2D eigenvalue weighted by Crippen LogP contribution is -2.45. The first-order valence-electron chi connectivity index (χ1n) is 14.0. The smallest absolute Gasteiger partial charge is 0.323 e. The molecule has 0 bridgehead atoms. The molecule has 0 aromatic heterocycles. The molecule has 3 aliphatic rings. The van der Waals surface area contributed by atoms with Gasteiger partial charge in [0.1, 0.15) is 13.2 Å². The van der Waals surface area contributed by atoms with Gasteiger partial charge in [0.15, 0.2) is 23.1 Å². The number of rotatable bonds is 7. The van der Waals surface area contributed by atoms with Gasteiger partial charge in [-0.15, -0.1) is 0 Å². The van der Waals surface area contributed by atoms with Crippen molar-refractivity contribution in [3.63, 3.8) is 0 Å². The molecule has 0 atom stereocenters. The van der Waals surface area contributed by atoms with Crippen molar-refractivity contribution in [2.75, 3.05) is 13.7 Å². The third kappa shape index (κ3) is 5.82. The minimum atomic E-state index is -1.01. The van der Waals surface area contributed by atoms with Crippen molar-refractivity contribution >= 4 is 40.7 Å². The van der Waals surface area contributed by atoms with Gasteiger partial charge in [0.2, 0.25) is 0 Å². The van der Waals surface area contributed by atoms with Crippen LogP contribution < -0.4 is 9.47 Å². The highest BCUT2D eigenvalue weighted by molar-refractivity contribution is 6.35. The van der Waals surface area contributed by atoms with E-state index in [0.717, 1.165) is 11.1 Å². The molecule has 2 aromatic rings. The Labute approximate surface area is 256 Å². The summed E-state index contributed by atoms with van der Waals surface area (Å²) in [6.07, 6.45) is 1.68. The number of ketones is 2. The van der Waals surface area contributed by atoms with Crippen LogP contribution >= 0.6 is 23.2 Å². The third-order valence-electron chi connectivity index (χ3n) is 8.23. The zero-order chi connectivity index (χ0) is 30.6. The van der Waals surface area contributed by atoms with Gasteiger partial charge in [0.05, 0.1) is 7.11 Å². The fourth-order valence-corrected chi connectivity index (χ4v) is 6.95. The van der Waals surface area contributed by atoms with Gasteiger partial charge < -0.3 is 19.5 Å². The Bertz CT molecular complexity index is 1500. The summed E-state index contributed by atoms with van der Waals surface area (Å²) >= 11 is 12.3. The van der Waals surface area contributed by atoms with Gasteiger partial charge in [0.25, 0.3) is 0 Å². The van der Waals surface area contributed by atoms with E-state index in [1.165, 1.54) is 7.11 Å². The summed E-state index contributed by atoms with van der Waals surface area (Å²) < 4.78 is 11.8. The first-order valence-corrected chi connectivity index (χ1v) is 14.7. The monoisotopic (exact) mass is 611 g/mol. The number of carboxylic acid groups (broad SMARTS) is 1. The molecule has 9 heteroatoms. The van der Waals surface area contributed by atoms with E-state index in [1.54, 1.807) is 29.2 Å². The molecule has 0 saturated carbocycles. The van der Waals surface area contributed by atoms with E-state index in [0.29, 0.717) is 69.8 Å². The van der Waals surface area contributed by atoms with Crippen molar-refractivity contribution in [3.8, 4) is 11.5 Å². The number of hydrogen-bond acceptors (Lipinski definition) is 6. The highest BCUT2D eigenvalue weighted by Gasteiger charge is 2.49. The van der Waals surface area contributed by atoms with Gasteiger partial charge in [-0.1, -0.05) is 63.0 Å². The number of allylic oxidation sites excluding steroid dienone is 4. The molecule has 2 aliphatic carbocycles. The lowest BCUT2D eigenvalue weighted by molar-refractivity contribution is -0.138. The molecule has 0 unspecified atom stereocenters. The van der Waals surface area contributed by atoms with E-state index < -0.39 is 11.9 Å². The minimum absolute atomic E-state index is 0.0671. The van der Waals surface area contributed by atoms with Crippen LogP contribution in [0.15, 0.2) is 58.9 Å². The summed E-state index contributed by atoms with van der Waals surface area (Å²) in [7, 11) is 1.54. The van der Waals surface area contributed by atoms with Gasteiger partial charge in [-0.05, 0) is 53.5 Å². The summed E-state index contributed by atoms with van der Waals surface area (Å²) in [5.41, 5.74) is 3.20. The molecule has 7 nitrogen and oxygen atoms in total. The number of carboxylic acids is 1. The minimum Gasteiger partial charge on any atom is -0.493 e. The Hall–Kier alpha value is -3.29. The average molecular weight is 613 g/mol. The maximum Gasteiger partial charge on any atom is 0.323 e. The number of methoxy groups -OCH3 is 1. The number of halogens is 2. The average Bonchev–Trinajstić information content (AvgIpc) is 2.87. The normalized spacial score (nSPS) is 19.9. The predicted molar refractivity (Wildman–Crippen MR) is 161 cm³/mol. The van der Waals surface area contributed by atoms with Crippen LogP contribution in [0.4, 0.5) is 0 Å². The number of benzene rings is 2. The van der Waals surface area contributed by atoms with E-state index in [2.05, 4.69) is 0 Å². The maximum atomic E-state index is 13.9. The summed E-state index contributed by atoms with van der Waals surface area (Å²) in [6, 6.07) is 10.6. The molecule has 42 heavy (non-hydrogen) atoms. The fourth-order valence-electron chi connectivity index (χ4n) is 6.48. The second kappa shape index (κ2) is 11.1. The Balaban J connectivity index is 1.62. The summed E-state index contributed by atoms with van der Waals surface area (Å²) in [5.74, 6) is -0.845. The summed E-state index contributed by atoms with van der Waals surface area (Å²) in [4.78, 5) is 41.5. The van der Waals surface area contributed by atoms with Crippen molar-refractivity contribution in [3.05, 3.63) is 80.1 Å². The molecular formula is C33H35Cl2NO6. The number of aliphatic carboxylic acids is 1. The number of carbonyl (C=O) groups is 3. The van der Waals surface area contributed by atoms with E-state index >= 15 is 0 Å². The molecule has 0 amide bonds. The largest absolute Gasteiger partial charge is 0.493 e. The molecule has 0 radical (unpaired) electrons. The SMILES string of the molecule is COc1cc(C2C3=C(CC(C)(C)CC3=O)N(CC(=O)O)C3=C2C(=O)CC(C)(C)C3)ccc1OCc1ccc(Cl)cc1Cl. The quantitative estimate of drug-likeness (QED) is 0.350. The van der Waals surface area contributed by atoms with Crippen LogP contribution in [-0.2, 0) is 21.0 Å². The molecule has 1 N–H and O–H groups in total. The van der Waals surface area contributed by atoms with Crippen molar-refractivity contribution < 1.29 is 29.0 Å². The van der Waals surface area contributed by atoms with Gasteiger partial charge >= 0.3 is 5.97 Å². The van der Waals surface area contributed by atoms with Gasteiger partial charge in [-0.2, -0.15) is 0 Å². The lowest BCUT2D eigenvalue weighted by Gasteiger charge is -2.48. The number of nitrogens with zero attached hydrogens (tertiary/aromatic N) is 1. The Kier molecular flexibility index (Phi) is 7.96. The van der Waals surface area contributed by atoms with E-state index in [-0.39, 0.29) is 35.5 Å². The Morgan fingerprint density at radius 2 is 1.50 bits per heavy atom. The fraction of sp³-hybridized carbons (Fsp3) is 0.424. The van der Waals surface area contributed by atoms with Crippen LogP contribution in [0.25, 0.3) is 0 Å². The van der Waals surface area contributed by atoms with Crippen molar-refractivity contribution in [1.82, 2.24) is 4.90 Å². The summed E-state index contributed by atoms with van der Waals surface area (Å²) in [6.45, 7) is 7.95. The first kappa shape index (κ1) is 30.2. The zero-order valence-electron chi connectivity index (χ0n) is 24.5. The molecule has 0 fully saturated rings. The van der Waals surface area contributed by atoms with Crippen molar-refractivity contribution in [2.24, 2.45) is 10.8 Å². The van der Waals surface area contributed by atoms with Crippen LogP contribution in [0, 0.1) is 10.8 Å². The van der Waals surface area contributed by atoms with Gasteiger partial charge in [0, 0.05) is 56.9 Å². The highest BCUT2D eigenvalue weighted by Crippen LogP contribution is 2.54. The Morgan fingerprint density at radius 3 is 2.02 bits per heavy atom.